The van der Waals surface area contributed by atoms with Crippen LogP contribution in [0, 0.1) is 6.92 Å². The van der Waals surface area contributed by atoms with Gasteiger partial charge in [-0.15, -0.1) is 20.4 Å². The molecule has 0 saturated carbocycles. The molecular formula is C14H15N7O4S3. The first-order valence-electron chi connectivity index (χ1n) is 7.98. The normalized spacial score (nSPS) is 10.9. The largest absolute Gasteiger partial charge is 0.416 e. The summed E-state index contributed by atoms with van der Waals surface area (Å²) in [6.45, 7) is 3.62. The second-order valence-corrected chi connectivity index (χ2v) is 8.71. The fraction of sp³-hybridized carbons (Fsp3) is 0.357. The van der Waals surface area contributed by atoms with Crippen LogP contribution in [0.4, 0.5) is 5.13 Å². The number of aryl methyl sites for hydroxylation is 1. The fourth-order valence-electron chi connectivity index (χ4n) is 2.08. The highest BCUT2D eigenvalue weighted by atomic mass is 32.2. The molecule has 14 heteroatoms. The number of aromatic nitrogens is 6. The van der Waals surface area contributed by atoms with E-state index in [1.54, 1.807) is 18.7 Å². The van der Waals surface area contributed by atoms with Crippen molar-refractivity contribution < 1.29 is 9.21 Å². The molecule has 28 heavy (non-hydrogen) atoms. The molecule has 1 amide bonds. The molecule has 0 bridgehead atoms. The molecule has 3 rings (SSSR count). The number of aromatic amines is 2. The van der Waals surface area contributed by atoms with Gasteiger partial charge in [0.15, 0.2) is 4.34 Å². The van der Waals surface area contributed by atoms with Gasteiger partial charge in [0.2, 0.25) is 16.9 Å². The lowest BCUT2D eigenvalue weighted by molar-refractivity contribution is -0.113. The fourth-order valence-corrected chi connectivity index (χ4v) is 4.33. The molecule has 0 aliphatic carbocycles. The third-order valence-corrected chi connectivity index (χ3v) is 5.95. The van der Waals surface area contributed by atoms with Crippen LogP contribution >= 0.6 is 34.9 Å². The molecule has 0 unspecified atom stereocenters. The van der Waals surface area contributed by atoms with Crippen molar-refractivity contribution in [2.24, 2.45) is 0 Å². The van der Waals surface area contributed by atoms with Crippen LogP contribution in [-0.4, -0.2) is 47.8 Å². The van der Waals surface area contributed by atoms with Gasteiger partial charge in [0.25, 0.3) is 10.8 Å². The number of hydrogen-bond donors (Lipinski definition) is 3. The summed E-state index contributed by atoms with van der Waals surface area (Å²) in [4.78, 5) is 39.8. The van der Waals surface area contributed by atoms with Crippen molar-refractivity contribution in [2.45, 2.75) is 29.8 Å². The Morgan fingerprint density at radius 2 is 2.00 bits per heavy atom. The Balaban J connectivity index is 1.55. The van der Waals surface area contributed by atoms with Gasteiger partial charge in [0, 0.05) is 11.3 Å². The Morgan fingerprint density at radius 1 is 1.18 bits per heavy atom. The molecule has 148 valence electrons. The minimum absolute atomic E-state index is 0.0513. The van der Waals surface area contributed by atoms with E-state index >= 15 is 0 Å². The number of amides is 1. The van der Waals surface area contributed by atoms with Gasteiger partial charge in [0.1, 0.15) is 0 Å². The third kappa shape index (κ3) is 5.30. The predicted molar refractivity (Wildman–Crippen MR) is 105 cm³/mol. The molecule has 0 radical (unpaired) electrons. The van der Waals surface area contributed by atoms with Crippen LogP contribution in [0.2, 0.25) is 0 Å². The predicted octanol–water partition coefficient (Wildman–Crippen LogP) is 1.04. The van der Waals surface area contributed by atoms with E-state index in [2.05, 4.69) is 35.7 Å². The van der Waals surface area contributed by atoms with Crippen molar-refractivity contribution in [2.75, 3.05) is 16.8 Å². The molecule has 0 atom stereocenters. The standard InChI is InChI=1S/C14H15N7O4S3/c1-3-26-14-21-19-12(28-14)16-8(22)5-27-13-20-18-9(25-13)4-7-6(2)15-11(24)17-10(7)23/h3-5H2,1-2H3,(H,16,19,22)(H2,15,17,23,24). The molecular weight excluding hydrogens is 426 g/mol. The zero-order chi connectivity index (χ0) is 20.1. The lowest BCUT2D eigenvalue weighted by Gasteiger charge is -2.00. The summed E-state index contributed by atoms with van der Waals surface area (Å²) in [5, 5.41) is 18.9. The zero-order valence-electron chi connectivity index (χ0n) is 14.8. The van der Waals surface area contributed by atoms with E-state index in [0.717, 1.165) is 21.9 Å². The second kappa shape index (κ2) is 9.16. The molecule has 0 aliphatic rings. The van der Waals surface area contributed by atoms with Crippen LogP contribution < -0.4 is 16.6 Å². The van der Waals surface area contributed by atoms with Crippen LogP contribution in [0.25, 0.3) is 0 Å². The molecule has 0 spiro atoms. The number of carbonyl (C=O) groups is 1. The monoisotopic (exact) mass is 441 g/mol. The Labute approximate surface area is 170 Å². The van der Waals surface area contributed by atoms with Crippen LogP contribution in [0.15, 0.2) is 23.6 Å². The highest BCUT2D eigenvalue weighted by Gasteiger charge is 2.15. The summed E-state index contributed by atoms with van der Waals surface area (Å²) in [5.74, 6) is 0.855. The summed E-state index contributed by atoms with van der Waals surface area (Å²) in [7, 11) is 0. The molecule has 3 heterocycles. The van der Waals surface area contributed by atoms with Gasteiger partial charge in [-0.25, -0.2) is 4.79 Å². The summed E-state index contributed by atoms with van der Waals surface area (Å²) in [6.07, 6.45) is 0.0698. The Hall–Kier alpha value is -2.45. The SMILES string of the molecule is CCSc1nnc(NC(=O)CSc2nnc(Cc3c(C)[nH]c(=O)[nH]c3=O)o2)s1. The van der Waals surface area contributed by atoms with Crippen LogP contribution in [0.1, 0.15) is 24.1 Å². The first-order chi connectivity index (χ1) is 13.4. The number of H-pyrrole nitrogens is 2. The highest BCUT2D eigenvalue weighted by Crippen LogP contribution is 2.25. The lowest BCUT2D eigenvalue weighted by atomic mass is 10.2. The maximum absolute atomic E-state index is 12.0. The van der Waals surface area contributed by atoms with E-state index in [0.29, 0.717) is 16.4 Å². The van der Waals surface area contributed by atoms with E-state index in [1.165, 1.54) is 11.3 Å². The van der Waals surface area contributed by atoms with Gasteiger partial charge in [-0.3, -0.25) is 19.9 Å². The van der Waals surface area contributed by atoms with E-state index in [1.807, 2.05) is 6.92 Å². The zero-order valence-corrected chi connectivity index (χ0v) is 17.2. The van der Waals surface area contributed by atoms with Gasteiger partial charge >= 0.3 is 5.69 Å². The number of carbonyl (C=O) groups excluding carboxylic acids is 1. The number of nitrogens with one attached hydrogen (secondary N) is 3. The number of thioether (sulfide) groups is 2. The van der Waals surface area contributed by atoms with Crippen molar-refractivity contribution in [3.05, 3.63) is 38.0 Å². The molecule has 0 fully saturated rings. The Morgan fingerprint density at radius 3 is 2.75 bits per heavy atom. The summed E-state index contributed by atoms with van der Waals surface area (Å²) < 4.78 is 6.24. The van der Waals surface area contributed by atoms with E-state index in [4.69, 9.17) is 4.42 Å². The summed E-state index contributed by atoms with van der Waals surface area (Å²) >= 11 is 3.92. The number of hydrogen-bond acceptors (Lipinski definition) is 11. The number of anilines is 1. The molecule has 0 aromatic carbocycles. The minimum atomic E-state index is -0.574. The average molecular weight is 442 g/mol. The minimum Gasteiger partial charge on any atom is -0.416 e. The van der Waals surface area contributed by atoms with E-state index in [9.17, 15) is 14.4 Å². The lowest BCUT2D eigenvalue weighted by Crippen LogP contribution is -2.27. The molecule has 3 aromatic heterocycles. The van der Waals surface area contributed by atoms with Crippen molar-refractivity contribution in [3.8, 4) is 0 Å². The van der Waals surface area contributed by atoms with Crippen molar-refractivity contribution in [3.63, 3.8) is 0 Å². The van der Waals surface area contributed by atoms with Crippen LogP contribution in [-0.2, 0) is 11.2 Å². The van der Waals surface area contributed by atoms with Gasteiger partial charge in [-0.05, 0) is 12.7 Å². The maximum atomic E-state index is 12.0. The van der Waals surface area contributed by atoms with E-state index in [-0.39, 0.29) is 29.2 Å². The summed E-state index contributed by atoms with van der Waals surface area (Å²) in [6, 6.07) is 0. The van der Waals surface area contributed by atoms with Gasteiger partial charge in [-0.2, -0.15) is 0 Å². The van der Waals surface area contributed by atoms with Crippen molar-refractivity contribution >= 4 is 45.9 Å². The van der Waals surface area contributed by atoms with Crippen LogP contribution in [0.3, 0.4) is 0 Å². The Bertz CT molecular complexity index is 1090. The Kier molecular flexibility index (Phi) is 6.64. The number of nitrogens with zero attached hydrogens (tertiary/aromatic N) is 4. The van der Waals surface area contributed by atoms with Crippen LogP contribution in [0.5, 0.6) is 0 Å². The number of rotatable bonds is 8. The average Bonchev–Trinajstić information content (AvgIpc) is 3.26. The molecule has 0 saturated heterocycles. The van der Waals surface area contributed by atoms with Crippen molar-refractivity contribution in [1.82, 2.24) is 30.4 Å². The first-order valence-corrected chi connectivity index (χ1v) is 10.8. The first kappa shape index (κ1) is 20.3. The van der Waals surface area contributed by atoms with Gasteiger partial charge < -0.3 is 9.40 Å². The highest BCUT2D eigenvalue weighted by molar-refractivity contribution is 8.01. The van der Waals surface area contributed by atoms with Crippen molar-refractivity contribution in [1.29, 1.82) is 0 Å². The molecule has 3 aromatic rings. The van der Waals surface area contributed by atoms with Gasteiger partial charge in [0.05, 0.1) is 12.2 Å². The second-order valence-electron chi connectivity index (χ2n) is 5.29. The molecule has 0 aliphatic heterocycles. The topological polar surface area (TPSA) is 160 Å². The molecule has 11 nitrogen and oxygen atoms in total. The van der Waals surface area contributed by atoms with E-state index < -0.39 is 11.2 Å². The smallest absolute Gasteiger partial charge is 0.325 e. The van der Waals surface area contributed by atoms with Gasteiger partial charge in [-0.1, -0.05) is 41.8 Å². The molecule has 3 N–H and O–H groups in total. The maximum Gasteiger partial charge on any atom is 0.325 e. The summed E-state index contributed by atoms with van der Waals surface area (Å²) in [5.41, 5.74) is -0.326. The third-order valence-electron chi connectivity index (χ3n) is 3.28. The quantitative estimate of drug-likeness (QED) is 0.340.